The molecule has 88 valence electrons. The lowest BCUT2D eigenvalue weighted by Gasteiger charge is -2.02. The predicted molar refractivity (Wildman–Crippen MR) is 65.9 cm³/mol. The number of amides is 1. The van der Waals surface area contributed by atoms with Crippen molar-refractivity contribution in [3.8, 4) is 0 Å². The first-order chi connectivity index (χ1) is 8.15. The van der Waals surface area contributed by atoms with Crippen molar-refractivity contribution in [2.24, 2.45) is 7.05 Å². The Kier molecular flexibility index (Phi) is 3.43. The van der Waals surface area contributed by atoms with E-state index in [9.17, 15) is 4.79 Å². The van der Waals surface area contributed by atoms with E-state index < -0.39 is 0 Å². The van der Waals surface area contributed by atoms with Crippen molar-refractivity contribution in [3.63, 3.8) is 0 Å². The number of thiol groups is 1. The van der Waals surface area contributed by atoms with E-state index in [1.807, 2.05) is 0 Å². The largest absolute Gasteiger partial charge is 0.345 e. The van der Waals surface area contributed by atoms with Gasteiger partial charge in [0.05, 0.1) is 6.54 Å². The molecule has 0 atom stereocenters. The van der Waals surface area contributed by atoms with Crippen LogP contribution in [-0.4, -0.2) is 20.7 Å². The summed E-state index contributed by atoms with van der Waals surface area (Å²) < 4.78 is 1.59. The summed E-state index contributed by atoms with van der Waals surface area (Å²) in [6.45, 7) is 0.322. The zero-order valence-corrected chi connectivity index (χ0v) is 10.2. The Hall–Kier alpha value is -1.82. The lowest BCUT2D eigenvalue weighted by molar-refractivity contribution is 0.0950. The van der Waals surface area contributed by atoms with Crippen LogP contribution in [0.2, 0.25) is 0 Å². The van der Waals surface area contributed by atoms with Crippen molar-refractivity contribution in [2.75, 3.05) is 0 Å². The van der Waals surface area contributed by atoms with Crippen LogP contribution in [0.15, 0.2) is 35.5 Å². The van der Waals surface area contributed by atoms with Gasteiger partial charge in [0.15, 0.2) is 5.82 Å². The zero-order chi connectivity index (χ0) is 12.3. The molecule has 0 aliphatic heterocycles. The molecule has 17 heavy (non-hydrogen) atoms. The van der Waals surface area contributed by atoms with Crippen LogP contribution in [0.1, 0.15) is 16.2 Å². The molecule has 6 heteroatoms. The van der Waals surface area contributed by atoms with Crippen LogP contribution in [0.5, 0.6) is 0 Å². The number of carbonyl (C=O) groups is 1. The Balaban J connectivity index is 1.95. The van der Waals surface area contributed by atoms with Crippen molar-refractivity contribution >= 4 is 18.5 Å². The van der Waals surface area contributed by atoms with Gasteiger partial charge in [-0.2, -0.15) is 5.10 Å². The highest BCUT2D eigenvalue weighted by molar-refractivity contribution is 7.80. The van der Waals surface area contributed by atoms with Gasteiger partial charge in [0.2, 0.25) is 0 Å². The molecule has 0 saturated heterocycles. The highest BCUT2D eigenvalue weighted by Crippen LogP contribution is 2.07. The van der Waals surface area contributed by atoms with Gasteiger partial charge in [-0.15, -0.1) is 12.6 Å². The van der Waals surface area contributed by atoms with E-state index in [1.165, 1.54) is 0 Å². The van der Waals surface area contributed by atoms with E-state index in [1.54, 1.807) is 42.3 Å². The van der Waals surface area contributed by atoms with E-state index in [0.29, 0.717) is 17.9 Å². The summed E-state index contributed by atoms with van der Waals surface area (Å²) >= 11 is 4.16. The summed E-state index contributed by atoms with van der Waals surface area (Å²) in [7, 11) is 1.78. The van der Waals surface area contributed by atoms with Gasteiger partial charge in [-0.3, -0.25) is 9.48 Å². The monoisotopic (exact) mass is 248 g/mol. The second kappa shape index (κ2) is 5.01. The van der Waals surface area contributed by atoms with Crippen LogP contribution in [-0.2, 0) is 13.6 Å². The number of benzene rings is 1. The number of hydrogen-bond acceptors (Lipinski definition) is 4. The molecule has 0 bridgehead atoms. The van der Waals surface area contributed by atoms with Crippen LogP contribution in [0.4, 0.5) is 0 Å². The molecule has 1 N–H and O–H groups in total. The van der Waals surface area contributed by atoms with Crippen LogP contribution < -0.4 is 5.32 Å². The molecule has 1 amide bonds. The minimum Gasteiger partial charge on any atom is -0.345 e. The topological polar surface area (TPSA) is 59.8 Å². The molecular weight excluding hydrogens is 236 g/mol. The molecule has 0 aliphatic carbocycles. The van der Waals surface area contributed by atoms with Gasteiger partial charge in [-0.25, -0.2) is 4.98 Å². The average molecular weight is 248 g/mol. The number of aromatic nitrogens is 3. The van der Waals surface area contributed by atoms with Gasteiger partial charge >= 0.3 is 0 Å². The highest BCUT2D eigenvalue weighted by Gasteiger charge is 2.06. The first-order valence-electron chi connectivity index (χ1n) is 5.07. The number of carbonyl (C=O) groups excluding carboxylic acids is 1. The molecule has 0 saturated carbocycles. The van der Waals surface area contributed by atoms with Crippen molar-refractivity contribution in [3.05, 3.63) is 42.0 Å². The molecule has 5 nitrogen and oxygen atoms in total. The van der Waals surface area contributed by atoms with E-state index in [0.717, 1.165) is 4.90 Å². The zero-order valence-electron chi connectivity index (χ0n) is 9.29. The van der Waals surface area contributed by atoms with E-state index >= 15 is 0 Å². The maximum Gasteiger partial charge on any atom is 0.251 e. The van der Waals surface area contributed by atoms with Crippen molar-refractivity contribution in [2.45, 2.75) is 11.4 Å². The summed E-state index contributed by atoms with van der Waals surface area (Å²) in [5.41, 5.74) is 0.596. The van der Waals surface area contributed by atoms with Crippen molar-refractivity contribution in [1.82, 2.24) is 20.1 Å². The van der Waals surface area contributed by atoms with E-state index in [2.05, 4.69) is 28.0 Å². The molecule has 0 aliphatic rings. The number of nitrogens with one attached hydrogen (secondary N) is 1. The average Bonchev–Trinajstić information content (AvgIpc) is 2.73. The van der Waals surface area contributed by atoms with Gasteiger partial charge in [0.25, 0.3) is 5.91 Å². The molecule has 1 aromatic carbocycles. The van der Waals surface area contributed by atoms with E-state index in [4.69, 9.17) is 0 Å². The Morgan fingerprint density at radius 3 is 2.71 bits per heavy atom. The second-order valence-electron chi connectivity index (χ2n) is 3.56. The Morgan fingerprint density at radius 1 is 1.41 bits per heavy atom. The first kappa shape index (κ1) is 11.7. The first-order valence-corrected chi connectivity index (χ1v) is 5.51. The van der Waals surface area contributed by atoms with Crippen LogP contribution >= 0.6 is 12.6 Å². The number of aryl methyl sites for hydroxylation is 1. The molecule has 0 radical (unpaired) electrons. The maximum atomic E-state index is 11.7. The lowest BCUT2D eigenvalue weighted by atomic mass is 10.2. The smallest absolute Gasteiger partial charge is 0.251 e. The molecule has 0 fully saturated rings. The molecule has 1 heterocycles. The second-order valence-corrected chi connectivity index (χ2v) is 4.08. The van der Waals surface area contributed by atoms with Gasteiger partial charge in [-0.1, -0.05) is 0 Å². The summed E-state index contributed by atoms with van der Waals surface area (Å²) in [6.07, 6.45) is 1.59. The third-order valence-electron chi connectivity index (χ3n) is 2.18. The predicted octanol–water partition coefficient (Wildman–Crippen LogP) is 1.03. The summed E-state index contributed by atoms with van der Waals surface area (Å²) in [5.74, 6) is 0.442. The Bertz CT molecular complexity index is 521. The SMILES string of the molecule is Cn1cnc(CNC(=O)c2ccc(S)cc2)n1. The minimum absolute atomic E-state index is 0.147. The van der Waals surface area contributed by atoms with Crippen molar-refractivity contribution in [1.29, 1.82) is 0 Å². The van der Waals surface area contributed by atoms with Gasteiger partial charge in [0.1, 0.15) is 6.33 Å². The Labute approximate surface area is 104 Å². The third kappa shape index (κ3) is 3.07. The Morgan fingerprint density at radius 2 is 2.12 bits per heavy atom. The number of hydrogen-bond donors (Lipinski definition) is 2. The van der Waals surface area contributed by atoms with Gasteiger partial charge in [0, 0.05) is 17.5 Å². The van der Waals surface area contributed by atoms with E-state index in [-0.39, 0.29) is 5.91 Å². The molecular formula is C11H12N4OS. The molecule has 2 rings (SSSR count). The number of rotatable bonds is 3. The maximum absolute atomic E-state index is 11.7. The molecule has 1 aromatic heterocycles. The van der Waals surface area contributed by atoms with Gasteiger partial charge < -0.3 is 5.32 Å². The fourth-order valence-corrected chi connectivity index (χ4v) is 1.49. The van der Waals surface area contributed by atoms with Crippen LogP contribution in [0, 0.1) is 0 Å². The third-order valence-corrected chi connectivity index (χ3v) is 2.48. The fraction of sp³-hybridized carbons (Fsp3) is 0.182. The molecule has 0 spiro atoms. The van der Waals surface area contributed by atoms with Gasteiger partial charge in [-0.05, 0) is 24.3 Å². The van der Waals surface area contributed by atoms with Crippen LogP contribution in [0.3, 0.4) is 0 Å². The fourth-order valence-electron chi connectivity index (χ4n) is 1.34. The summed E-state index contributed by atoms with van der Waals surface area (Å²) in [6, 6.07) is 7.00. The molecule has 2 aromatic rings. The molecule has 0 unspecified atom stereocenters. The number of nitrogens with zero attached hydrogens (tertiary/aromatic N) is 3. The highest BCUT2D eigenvalue weighted by atomic mass is 32.1. The quantitative estimate of drug-likeness (QED) is 0.798. The summed E-state index contributed by atoms with van der Waals surface area (Å²) in [4.78, 5) is 16.6. The summed E-state index contributed by atoms with van der Waals surface area (Å²) in [5, 5.41) is 6.81. The standard InChI is InChI=1S/C11H12N4OS/c1-15-7-13-10(14-15)6-12-11(16)8-2-4-9(17)5-3-8/h2-5,7,17H,6H2,1H3,(H,12,16). The normalized spacial score (nSPS) is 10.2. The van der Waals surface area contributed by atoms with Crippen LogP contribution in [0.25, 0.3) is 0 Å². The minimum atomic E-state index is -0.147. The van der Waals surface area contributed by atoms with Crippen molar-refractivity contribution < 1.29 is 4.79 Å². The lowest BCUT2D eigenvalue weighted by Crippen LogP contribution is -2.23.